The third kappa shape index (κ3) is 4.18. The fourth-order valence-electron chi connectivity index (χ4n) is 2.73. The highest BCUT2D eigenvalue weighted by atomic mass is 32.1. The Labute approximate surface area is 132 Å². The maximum Gasteiger partial charge on any atom is 0.185 e. The maximum absolute atomic E-state index is 5.78. The van der Waals surface area contributed by atoms with E-state index in [0.717, 1.165) is 37.8 Å². The van der Waals surface area contributed by atoms with E-state index in [-0.39, 0.29) is 0 Å². The second-order valence-corrected chi connectivity index (χ2v) is 6.88. The van der Waals surface area contributed by atoms with E-state index in [1.807, 2.05) is 18.4 Å². The van der Waals surface area contributed by atoms with Crippen LogP contribution >= 0.6 is 11.3 Å². The first-order chi connectivity index (χ1) is 10.2. The Hall–Kier alpha value is -0.650. The summed E-state index contributed by atoms with van der Waals surface area (Å²) in [6.45, 7) is 10.5. The molecule has 120 valence electrons. The summed E-state index contributed by atoms with van der Waals surface area (Å²) < 4.78 is 5.78. The second kappa shape index (κ2) is 8.11. The summed E-state index contributed by atoms with van der Waals surface area (Å²) >= 11 is 1.84. The molecule has 21 heavy (non-hydrogen) atoms. The Morgan fingerprint density at radius 2 is 2.29 bits per heavy atom. The number of thiazole rings is 1. The average Bonchev–Trinajstić information content (AvgIpc) is 3.14. The van der Waals surface area contributed by atoms with Gasteiger partial charge in [-0.1, -0.05) is 13.8 Å². The van der Waals surface area contributed by atoms with Crippen LogP contribution in [0.2, 0.25) is 0 Å². The highest BCUT2D eigenvalue weighted by molar-refractivity contribution is 7.15. The molecule has 2 rings (SSSR count). The number of rotatable bonds is 8. The Bertz CT molecular complexity index is 429. The van der Waals surface area contributed by atoms with Gasteiger partial charge in [0.2, 0.25) is 0 Å². The van der Waals surface area contributed by atoms with Crippen molar-refractivity contribution >= 4 is 16.5 Å². The van der Waals surface area contributed by atoms with Crippen LogP contribution in [0.1, 0.15) is 56.5 Å². The summed E-state index contributed by atoms with van der Waals surface area (Å²) in [6, 6.07) is 0. The number of anilines is 1. The van der Waals surface area contributed by atoms with Crippen LogP contribution in [0.4, 0.5) is 5.13 Å². The molecule has 0 saturated carbocycles. The van der Waals surface area contributed by atoms with E-state index in [9.17, 15) is 0 Å². The minimum atomic E-state index is 0.383. The number of hydrogen-bond donors (Lipinski definition) is 1. The number of likely N-dealkylation sites (N-methyl/N-ethyl adjacent to an activating group) is 1. The van der Waals surface area contributed by atoms with Crippen LogP contribution in [0.25, 0.3) is 0 Å². The van der Waals surface area contributed by atoms with Crippen LogP contribution < -0.4 is 10.2 Å². The van der Waals surface area contributed by atoms with Crippen LogP contribution in [0.3, 0.4) is 0 Å². The van der Waals surface area contributed by atoms with E-state index in [1.165, 1.54) is 23.4 Å². The summed E-state index contributed by atoms with van der Waals surface area (Å²) in [6.07, 6.45) is 3.90. The molecule has 0 spiro atoms. The van der Waals surface area contributed by atoms with Crippen molar-refractivity contribution in [1.29, 1.82) is 0 Å². The maximum atomic E-state index is 5.78. The lowest BCUT2D eigenvalue weighted by atomic mass is 10.0. The second-order valence-electron chi connectivity index (χ2n) is 5.82. The SMILES string of the molecule is CCC(C)c1nc(N(CC)CC2CCCO2)sc1CNC. The lowest BCUT2D eigenvalue weighted by molar-refractivity contribution is 0.115. The van der Waals surface area contributed by atoms with Gasteiger partial charge in [-0.25, -0.2) is 4.98 Å². The molecule has 1 aromatic rings. The Morgan fingerprint density at radius 1 is 1.48 bits per heavy atom. The molecule has 1 N–H and O–H groups in total. The topological polar surface area (TPSA) is 37.4 Å². The average molecular weight is 311 g/mol. The smallest absolute Gasteiger partial charge is 0.185 e. The molecule has 2 heterocycles. The molecule has 1 aliphatic rings. The van der Waals surface area contributed by atoms with Crippen LogP contribution in [0.5, 0.6) is 0 Å². The van der Waals surface area contributed by atoms with Crippen molar-refractivity contribution in [3.05, 3.63) is 10.6 Å². The van der Waals surface area contributed by atoms with Crippen LogP contribution in [0.15, 0.2) is 0 Å². The van der Waals surface area contributed by atoms with E-state index < -0.39 is 0 Å². The monoisotopic (exact) mass is 311 g/mol. The lowest BCUT2D eigenvalue weighted by Gasteiger charge is -2.23. The van der Waals surface area contributed by atoms with Gasteiger partial charge in [-0.05, 0) is 39.2 Å². The minimum absolute atomic E-state index is 0.383. The summed E-state index contributed by atoms with van der Waals surface area (Å²) in [7, 11) is 2.00. The zero-order chi connectivity index (χ0) is 15.2. The fourth-order valence-corrected chi connectivity index (χ4v) is 3.99. The number of nitrogens with one attached hydrogen (secondary N) is 1. The van der Waals surface area contributed by atoms with Crippen LogP contribution in [-0.4, -0.2) is 37.8 Å². The van der Waals surface area contributed by atoms with Gasteiger partial charge >= 0.3 is 0 Å². The van der Waals surface area contributed by atoms with Gasteiger partial charge in [0.15, 0.2) is 5.13 Å². The molecule has 4 nitrogen and oxygen atoms in total. The summed E-state index contributed by atoms with van der Waals surface area (Å²) in [5.74, 6) is 0.528. The molecule has 1 aliphatic heterocycles. The number of hydrogen-bond acceptors (Lipinski definition) is 5. The van der Waals surface area contributed by atoms with E-state index in [4.69, 9.17) is 9.72 Å². The number of nitrogens with zero attached hydrogens (tertiary/aromatic N) is 2. The molecule has 5 heteroatoms. The molecule has 0 amide bonds. The van der Waals surface area contributed by atoms with Crippen LogP contribution in [0, 0.1) is 0 Å². The molecule has 2 atom stereocenters. The van der Waals surface area contributed by atoms with Crippen molar-refractivity contribution in [2.45, 2.75) is 58.6 Å². The molecule has 2 unspecified atom stereocenters. The first kappa shape index (κ1) is 16.7. The molecular weight excluding hydrogens is 282 g/mol. The van der Waals surface area contributed by atoms with Gasteiger partial charge in [0, 0.05) is 31.1 Å². The van der Waals surface area contributed by atoms with E-state index in [1.54, 1.807) is 0 Å². The van der Waals surface area contributed by atoms with E-state index in [2.05, 4.69) is 31.0 Å². The van der Waals surface area contributed by atoms with Gasteiger partial charge in [-0.2, -0.15) is 0 Å². The molecule has 0 bridgehead atoms. The third-order valence-corrected chi connectivity index (χ3v) is 5.36. The summed E-state index contributed by atoms with van der Waals surface area (Å²) in [5, 5.41) is 4.43. The van der Waals surface area contributed by atoms with Crippen LogP contribution in [-0.2, 0) is 11.3 Å². The third-order valence-electron chi connectivity index (χ3n) is 4.23. The number of ether oxygens (including phenoxy) is 1. The first-order valence-corrected chi connectivity index (χ1v) is 9.01. The van der Waals surface area contributed by atoms with Crippen molar-refractivity contribution < 1.29 is 4.74 Å². The molecule has 0 aliphatic carbocycles. The van der Waals surface area contributed by atoms with E-state index >= 15 is 0 Å². The molecule has 0 aromatic carbocycles. The molecule has 1 saturated heterocycles. The zero-order valence-electron chi connectivity index (χ0n) is 13.8. The first-order valence-electron chi connectivity index (χ1n) is 8.20. The molecule has 1 aromatic heterocycles. The normalized spacial score (nSPS) is 19.9. The van der Waals surface area contributed by atoms with E-state index in [0.29, 0.717) is 12.0 Å². The van der Waals surface area contributed by atoms with Gasteiger partial charge in [0.05, 0.1) is 11.8 Å². The molecule has 1 fully saturated rings. The summed E-state index contributed by atoms with van der Waals surface area (Å²) in [5.41, 5.74) is 1.28. The van der Waals surface area contributed by atoms with Gasteiger partial charge in [-0.15, -0.1) is 11.3 Å². The zero-order valence-corrected chi connectivity index (χ0v) is 14.6. The van der Waals surface area contributed by atoms with Crippen molar-refractivity contribution in [2.75, 3.05) is 31.6 Å². The summed E-state index contributed by atoms with van der Waals surface area (Å²) in [4.78, 5) is 8.72. The molecular formula is C16H29N3OS. The van der Waals surface area contributed by atoms with Crippen molar-refractivity contribution in [3.8, 4) is 0 Å². The predicted molar refractivity (Wildman–Crippen MR) is 90.4 cm³/mol. The largest absolute Gasteiger partial charge is 0.376 e. The Kier molecular flexibility index (Phi) is 6.45. The standard InChI is InChI=1S/C16H29N3OS/c1-5-12(3)15-14(10-17-4)21-16(18-15)19(6-2)11-13-8-7-9-20-13/h12-13,17H,5-11H2,1-4H3. The van der Waals surface area contributed by atoms with Gasteiger partial charge < -0.3 is 15.0 Å². The Balaban J connectivity index is 2.15. The van der Waals surface area contributed by atoms with Crippen molar-refractivity contribution in [1.82, 2.24) is 10.3 Å². The molecule has 0 radical (unpaired) electrons. The van der Waals surface area contributed by atoms with Gasteiger partial charge in [0.1, 0.15) is 0 Å². The highest BCUT2D eigenvalue weighted by Gasteiger charge is 2.23. The van der Waals surface area contributed by atoms with Crippen molar-refractivity contribution in [3.63, 3.8) is 0 Å². The predicted octanol–water partition coefficient (Wildman–Crippen LogP) is 3.38. The lowest BCUT2D eigenvalue weighted by Crippen LogP contribution is -2.31. The highest BCUT2D eigenvalue weighted by Crippen LogP contribution is 2.32. The van der Waals surface area contributed by atoms with Gasteiger partial charge in [-0.3, -0.25) is 0 Å². The minimum Gasteiger partial charge on any atom is -0.376 e. The van der Waals surface area contributed by atoms with Gasteiger partial charge in [0.25, 0.3) is 0 Å². The quantitative estimate of drug-likeness (QED) is 0.798. The number of aromatic nitrogens is 1. The van der Waals surface area contributed by atoms with Crippen molar-refractivity contribution in [2.24, 2.45) is 0 Å². The Morgan fingerprint density at radius 3 is 2.86 bits per heavy atom. The fraction of sp³-hybridized carbons (Fsp3) is 0.812.